The fraction of sp³-hybridized carbons (Fsp3) is 0.0588. The van der Waals surface area contributed by atoms with Crippen LogP contribution in [0.5, 0.6) is 0 Å². The normalized spacial score (nSPS) is 16.3. The van der Waals surface area contributed by atoms with Gasteiger partial charge in [-0.05, 0) is 36.4 Å². The average Bonchev–Trinajstić information content (AvgIpc) is 2.92. The van der Waals surface area contributed by atoms with Crippen molar-refractivity contribution in [1.29, 1.82) is 0 Å². The molecule has 0 fully saturated rings. The predicted molar refractivity (Wildman–Crippen MR) is 96.5 cm³/mol. The Labute approximate surface area is 149 Å². The van der Waals surface area contributed by atoms with E-state index in [9.17, 15) is 17.9 Å². The number of para-hydroxylation sites is 1. The average molecular weight is 374 g/mol. The standard InChI is InChI=1S/C17H15FN4O3S/c1-26(24,25)19-14-10-16-17(23)21(12-8-6-11(18)7-9-12)20-22(16)15-5-3-2-4-13(14)15/h2-10,19-20,23H,1H3. The van der Waals surface area contributed by atoms with Crippen LogP contribution in [0.25, 0.3) is 5.70 Å². The van der Waals surface area contributed by atoms with E-state index in [-0.39, 0.29) is 11.7 Å². The van der Waals surface area contributed by atoms with Gasteiger partial charge in [0.1, 0.15) is 11.5 Å². The molecular formula is C17H15FN4O3S. The monoisotopic (exact) mass is 374 g/mol. The van der Waals surface area contributed by atoms with Crippen molar-refractivity contribution in [2.45, 2.75) is 0 Å². The van der Waals surface area contributed by atoms with Gasteiger partial charge in [-0.15, -0.1) is 5.53 Å². The van der Waals surface area contributed by atoms with Crippen LogP contribution in [-0.2, 0) is 10.0 Å². The first-order chi connectivity index (χ1) is 12.3. The Balaban J connectivity index is 1.82. The second-order valence-corrected chi connectivity index (χ2v) is 7.65. The summed E-state index contributed by atoms with van der Waals surface area (Å²) in [6.45, 7) is 0. The van der Waals surface area contributed by atoms with Crippen LogP contribution in [-0.4, -0.2) is 19.8 Å². The third-order valence-corrected chi connectivity index (χ3v) is 4.57. The summed E-state index contributed by atoms with van der Waals surface area (Å²) in [5.41, 5.74) is 5.56. The largest absolute Gasteiger partial charge is 0.492 e. The van der Waals surface area contributed by atoms with Crippen LogP contribution in [0.3, 0.4) is 0 Å². The van der Waals surface area contributed by atoms with Crippen LogP contribution >= 0.6 is 0 Å². The molecule has 0 saturated heterocycles. The van der Waals surface area contributed by atoms with Gasteiger partial charge in [0.2, 0.25) is 15.9 Å². The van der Waals surface area contributed by atoms with Crippen molar-refractivity contribution in [3.63, 3.8) is 0 Å². The number of hydrazine groups is 2. The lowest BCUT2D eigenvalue weighted by Gasteiger charge is -2.29. The zero-order valence-electron chi connectivity index (χ0n) is 13.6. The second kappa shape index (κ2) is 5.75. The molecule has 0 atom stereocenters. The summed E-state index contributed by atoms with van der Waals surface area (Å²) in [7, 11) is -3.50. The minimum atomic E-state index is -3.50. The fourth-order valence-electron chi connectivity index (χ4n) is 2.89. The number of anilines is 2. The lowest BCUT2D eigenvalue weighted by molar-refractivity contribution is 0.388. The number of aliphatic hydroxyl groups is 1. The Hall–Kier alpha value is -3.04. The van der Waals surface area contributed by atoms with Crippen molar-refractivity contribution < 1.29 is 17.9 Å². The Morgan fingerprint density at radius 2 is 1.77 bits per heavy atom. The van der Waals surface area contributed by atoms with Gasteiger partial charge in [-0.2, -0.15) is 0 Å². The summed E-state index contributed by atoms with van der Waals surface area (Å²) in [5.74, 6) is -0.526. The highest BCUT2D eigenvalue weighted by atomic mass is 32.2. The van der Waals surface area contributed by atoms with E-state index < -0.39 is 10.0 Å². The summed E-state index contributed by atoms with van der Waals surface area (Å²) in [6.07, 6.45) is 2.60. The summed E-state index contributed by atoms with van der Waals surface area (Å²) < 4.78 is 39.0. The topological polar surface area (TPSA) is 84.9 Å². The number of nitrogens with one attached hydrogen (secondary N) is 2. The third kappa shape index (κ3) is 2.76. The van der Waals surface area contributed by atoms with Crippen molar-refractivity contribution in [3.8, 4) is 0 Å². The number of hydrogen-bond acceptors (Lipinski definition) is 6. The molecule has 0 spiro atoms. The number of hydrogen-bond donors (Lipinski definition) is 3. The van der Waals surface area contributed by atoms with Crippen LogP contribution < -0.4 is 20.3 Å². The van der Waals surface area contributed by atoms with Gasteiger partial charge in [0.05, 0.1) is 23.3 Å². The molecule has 4 rings (SSSR count). The van der Waals surface area contributed by atoms with E-state index in [4.69, 9.17) is 0 Å². The van der Waals surface area contributed by atoms with Crippen LogP contribution in [0.4, 0.5) is 15.8 Å². The van der Waals surface area contributed by atoms with Gasteiger partial charge in [-0.25, -0.2) is 17.8 Å². The highest BCUT2D eigenvalue weighted by Gasteiger charge is 2.35. The molecular weight excluding hydrogens is 359 g/mol. The number of halogens is 1. The molecule has 7 nitrogen and oxygen atoms in total. The molecule has 0 saturated carbocycles. The summed E-state index contributed by atoms with van der Waals surface area (Å²) in [5, 5.41) is 13.6. The molecule has 2 aliphatic rings. The molecule has 2 aromatic rings. The summed E-state index contributed by atoms with van der Waals surface area (Å²) in [4.78, 5) is 0. The first-order valence-corrected chi connectivity index (χ1v) is 9.57. The minimum Gasteiger partial charge on any atom is -0.492 e. The molecule has 0 aromatic heterocycles. The maximum absolute atomic E-state index is 13.2. The molecule has 0 amide bonds. The quantitative estimate of drug-likeness (QED) is 0.764. The Morgan fingerprint density at radius 1 is 1.08 bits per heavy atom. The number of rotatable bonds is 3. The zero-order chi connectivity index (χ0) is 18.5. The van der Waals surface area contributed by atoms with Gasteiger partial charge in [0.25, 0.3) is 0 Å². The highest BCUT2D eigenvalue weighted by Crippen LogP contribution is 2.38. The molecule has 26 heavy (non-hydrogen) atoms. The van der Waals surface area contributed by atoms with Crippen molar-refractivity contribution in [3.05, 3.63) is 77.6 Å². The molecule has 0 unspecified atom stereocenters. The van der Waals surface area contributed by atoms with E-state index in [1.54, 1.807) is 29.3 Å². The number of nitrogens with zero attached hydrogens (tertiary/aromatic N) is 2. The van der Waals surface area contributed by atoms with Crippen LogP contribution in [0, 0.1) is 5.82 Å². The number of aliphatic hydroxyl groups excluding tert-OH is 1. The molecule has 3 N–H and O–H groups in total. The van der Waals surface area contributed by atoms with E-state index in [1.165, 1.54) is 35.4 Å². The van der Waals surface area contributed by atoms with Gasteiger partial charge >= 0.3 is 0 Å². The first kappa shape index (κ1) is 16.4. The fourth-order valence-corrected chi connectivity index (χ4v) is 3.46. The van der Waals surface area contributed by atoms with Crippen molar-refractivity contribution in [1.82, 2.24) is 10.3 Å². The Morgan fingerprint density at radius 3 is 2.46 bits per heavy atom. The summed E-state index contributed by atoms with van der Waals surface area (Å²) in [6, 6.07) is 12.8. The number of fused-ring (bicyclic) bond motifs is 3. The number of allylic oxidation sites excluding steroid dienone is 1. The van der Waals surface area contributed by atoms with Gasteiger partial charge in [-0.1, -0.05) is 18.2 Å². The molecule has 0 radical (unpaired) electrons. The van der Waals surface area contributed by atoms with Crippen LogP contribution in [0.15, 0.2) is 66.2 Å². The van der Waals surface area contributed by atoms with Gasteiger partial charge in [0, 0.05) is 5.56 Å². The molecule has 9 heteroatoms. The maximum Gasteiger partial charge on any atom is 0.234 e. The first-order valence-electron chi connectivity index (χ1n) is 7.68. The SMILES string of the molecule is CS(=O)(=O)NC1=CC2=C(O)N(c3ccc(F)cc3)NN2c2ccccc21. The van der Waals surface area contributed by atoms with Crippen LogP contribution in [0.1, 0.15) is 5.56 Å². The smallest absolute Gasteiger partial charge is 0.234 e. The predicted octanol–water partition coefficient (Wildman–Crippen LogP) is 2.20. The van der Waals surface area contributed by atoms with Gasteiger partial charge < -0.3 is 5.11 Å². The lowest BCUT2D eigenvalue weighted by atomic mass is 10.0. The Kier molecular flexibility index (Phi) is 3.63. The zero-order valence-corrected chi connectivity index (χ0v) is 14.5. The van der Waals surface area contributed by atoms with E-state index in [0.29, 0.717) is 28.3 Å². The van der Waals surface area contributed by atoms with E-state index in [2.05, 4.69) is 10.3 Å². The molecule has 2 aromatic carbocycles. The lowest BCUT2D eigenvalue weighted by Crippen LogP contribution is -2.43. The van der Waals surface area contributed by atoms with Crippen molar-refractivity contribution in [2.75, 3.05) is 16.3 Å². The van der Waals surface area contributed by atoms with E-state index in [1.807, 2.05) is 0 Å². The molecule has 0 bridgehead atoms. The Bertz CT molecular complexity index is 1050. The maximum atomic E-state index is 13.2. The minimum absolute atomic E-state index is 0.140. The second-order valence-electron chi connectivity index (χ2n) is 5.91. The third-order valence-electron chi connectivity index (χ3n) is 3.98. The van der Waals surface area contributed by atoms with Crippen molar-refractivity contribution in [2.24, 2.45) is 0 Å². The number of benzene rings is 2. The number of sulfonamides is 1. The van der Waals surface area contributed by atoms with E-state index in [0.717, 1.165) is 6.26 Å². The molecule has 2 aliphatic heterocycles. The molecule has 0 aliphatic carbocycles. The van der Waals surface area contributed by atoms with E-state index >= 15 is 0 Å². The summed E-state index contributed by atoms with van der Waals surface area (Å²) >= 11 is 0. The highest BCUT2D eigenvalue weighted by molar-refractivity contribution is 7.89. The van der Waals surface area contributed by atoms with Gasteiger partial charge in [-0.3, -0.25) is 9.73 Å². The van der Waals surface area contributed by atoms with Crippen LogP contribution in [0.2, 0.25) is 0 Å². The molecule has 2 heterocycles. The van der Waals surface area contributed by atoms with Gasteiger partial charge in [0.15, 0.2) is 0 Å². The molecule has 134 valence electrons. The van der Waals surface area contributed by atoms with Crippen molar-refractivity contribution >= 4 is 27.1 Å².